The third-order valence-corrected chi connectivity index (χ3v) is 2.24. The van der Waals surface area contributed by atoms with Gasteiger partial charge in [0.25, 0.3) is 5.78 Å². The largest absolute Gasteiger partial charge is 0.310 e. The second-order valence-electron chi connectivity index (χ2n) is 3.18. The van der Waals surface area contributed by atoms with Crippen LogP contribution in [0.3, 0.4) is 0 Å². The van der Waals surface area contributed by atoms with Crippen molar-refractivity contribution in [3.05, 3.63) is 48.0 Å². The molecule has 0 atom stereocenters. The van der Waals surface area contributed by atoms with Crippen molar-refractivity contribution in [2.45, 2.75) is 0 Å². The highest BCUT2D eigenvalue weighted by Gasteiger charge is 2.15. The molecule has 73 valence electrons. The third-order valence-electron chi connectivity index (χ3n) is 2.24. The predicted molar refractivity (Wildman–Crippen MR) is 56.4 cm³/mol. The summed E-state index contributed by atoms with van der Waals surface area (Å²) in [6.07, 6.45) is 0. The summed E-state index contributed by atoms with van der Waals surface area (Å²) in [6, 6.07) is 12.4. The molecule has 3 heteroatoms. The van der Waals surface area contributed by atoms with Crippen LogP contribution in [-0.4, -0.2) is 11.7 Å². The smallest absolute Gasteiger partial charge is 0.283 e. The zero-order valence-electron chi connectivity index (χ0n) is 7.86. The maximum absolute atomic E-state index is 11.4. The predicted octanol–water partition coefficient (Wildman–Crippen LogP) is 1.83. The van der Waals surface area contributed by atoms with Crippen LogP contribution >= 0.6 is 0 Å². The van der Waals surface area contributed by atoms with Crippen LogP contribution in [0.5, 0.6) is 0 Å². The Morgan fingerprint density at radius 3 is 2.33 bits per heavy atom. The van der Waals surface area contributed by atoms with Gasteiger partial charge in [-0.15, -0.1) is 0 Å². The lowest BCUT2D eigenvalue weighted by atomic mass is 10.0. The molecule has 0 saturated carbocycles. The lowest BCUT2D eigenvalue weighted by Crippen LogP contribution is -2.14. The van der Waals surface area contributed by atoms with Gasteiger partial charge in [0, 0.05) is 5.56 Å². The molecule has 0 fully saturated rings. The van der Waals surface area contributed by atoms with Gasteiger partial charge < -0.3 is 0 Å². The molecule has 3 nitrogen and oxygen atoms in total. The Balaban J connectivity index is 2.71. The molecule has 1 radical (unpaired) electrons. The highest BCUT2D eigenvalue weighted by atomic mass is 16.2. The Morgan fingerprint density at radius 1 is 0.933 bits per heavy atom. The average Bonchev–Trinajstić information content (AvgIpc) is 2.27. The van der Waals surface area contributed by atoms with E-state index in [0.717, 1.165) is 5.39 Å². The van der Waals surface area contributed by atoms with Gasteiger partial charge in [-0.25, -0.2) is 0 Å². The van der Waals surface area contributed by atoms with Gasteiger partial charge >= 0.3 is 5.91 Å². The minimum atomic E-state index is -1.17. The molecule has 0 aromatic heterocycles. The summed E-state index contributed by atoms with van der Waals surface area (Å²) >= 11 is 0. The number of fused-ring (bicyclic) bond motifs is 1. The fourth-order valence-corrected chi connectivity index (χ4v) is 1.55. The van der Waals surface area contributed by atoms with Crippen molar-refractivity contribution in [1.82, 2.24) is 5.73 Å². The number of ketones is 1. The number of amides is 1. The molecule has 0 unspecified atom stereocenters. The van der Waals surface area contributed by atoms with Crippen LogP contribution in [0.1, 0.15) is 10.4 Å². The molecular weight excluding hydrogens is 190 g/mol. The van der Waals surface area contributed by atoms with Crippen molar-refractivity contribution in [1.29, 1.82) is 0 Å². The summed E-state index contributed by atoms with van der Waals surface area (Å²) in [5.41, 5.74) is 7.11. The molecule has 0 bridgehead atoms. The van der Waals surface area contributed by atoms with Crippen LogP contribution in [0, 0.1) is 0 Å². The second kappa shape index (κ2) is 3.53. The van der Waals surface area contributed by atoms with Gasteiger partial charge in [0.2, 0.25) is 0 Å². The van der Waals surface area contributed by atoms with Gasteiger partial charge in [-0.2, -0.15) is 0 Å². The topological polar surface area (TPSA) is 57.9 Å². The number of hydrogen-bond donors (Lipinski definition) is 0. The SMILES string of the molecule is [NH]C(=O)C(=O)c1cccc2ccccc12. The summed E-state index contributed by atoms with van der Waals surface area (Å²) in [6.45, 7) is 0. The highest BCUT2D eigenvalue weighted by Crippen LogP contribution is 2.18. The fourth-order valence-electron chi connectivity index (χ4n) is 1.55. The third kappa shape index (κ3) is 1.59. The summed E-state index contributed by atoms with van der Waals surface area (Å²) < 4.78 is 0. The first-order valence-corrected chi connectivity index (χ1v) is 4.48. The Labute approximate surface area is 86.5 Å². The minimum Gasteiger partial charge on any atom is -0.283 e. The quantitative estimate of drug-likeness (QED) is 0.546. The van der Waals surface area contributed by atoms with Crippen molar-refractivity contribution >= 4 is 22.5 Å². The van der Waals surface area contributed by atoms with E-state index in [-0.39, 0.29) is 0 Å². The van der Waals surface area contributed by atoms with Gasteiger partial charge in [-0.05, 0) is 10.8 Å². The molecule has 0 spiro atoms. The average molecular weight is 198 g/mol. The van der Waals surface area contributed by atoms with Gasteiger partial charge in [0.15, 0.2) is 0 Å². The number of rotatable bonds is 2. The van der Waals surface area contributed by atoms with E-state index in [1.807, 2.05) is 18.2 Å². The van der Waals surface area contributed by atoms with E-state index in [1.54, 1.807) is 24.3 Å². The monoisotopic (exact) mass is 198 g/mol. The molecule has 2 aromatic rings. The van der Waals surface area contributed by atoms with E-state index in [0.29, 0.717) is 10.9 Å². The lowest BCUT2D eigenvalue weighted by molar-refractivity contribution is -0.114. The zero-order chi connectivity index (χ0) is 10.8. The molecule has 0 aliphatic rings. The molecule has 2 aromatic carbocycles. The Morgan fingerprint density at radius 2 is 1.60 bits per heavy atom. The van der Waals surface area contributed by atoms with Crippen LogP contribution in [0.15, 0.2) is 42.5 Å². The lowest BCUT2D eigenvalue weighted by Gasteiger charge is -2.02. The van der Waals surface area contributed by atoms with E-state index in [9.17, 15) is 9.59 Å². The number of benzene rings is 2. The van der Waals surface area contributed by atoms with Gasteiger partial charge in [-0.1, -0.05) is 42.5 Å². The van der Waals surface area contributed by atoms with E-state index in [4.69, 9.17) is 5.73 Å². The van der Waals surface area contributed by atoms with Gasteiger partial charge in [0.05, 0.1) is 0 Å². The molecule has 15 heavy (non-hydrogen) atoms. The van der Waals surface area contributed by atoms with Crippen LogP contribution in [0.4, 0.5) is 0 Å². The molecule has 0 heterocycles. The molecule has 1 N–H and O–H groups in total. The van der Waals surface area contributed by atoms with Crippen molar-refractivity contribution in [2.24, 2.45) is 0 Å². The first kappa shape index (κ1) is 9.40. The molecule has 2 rings (SSSR count). The van der Waals surface area contributed by atoms with E-state index < -0.39 is 11.7 Å². The number of Topliss-reactive ketones (excluding diaryl/α,β-unsaturated/α-hetero) is 1. The minimum absolute atomic E-state index is 0.299. The number of hydrogen-bond acceptors (Lipinski definition) is 2. The highest BCUT2D eigenvalue weighted by molar-refractivity contribution is 6.44. The first-order chi connectivity index (χ1) is 7.20. The standard InChI is InChI=1S/C12H8NO2/c13-12(15)11(14)10-7-3-5-8-4-1-2-6-9(8)10/h1-7,13H. The Kier molecular flexibility index (Phi) is 2.21. The molecular formula is C12H8NO2. The van der Waals surface area contributed by atoms with Gasteiger partial charge in [0.1, 0.15) is 0 Å². The molecule has 1 amide bonds. The van der Waals surface area contributed by atoms with E-state index >= 15 is 0 Å². The van der Waals surface area contributed by atoms with Crippen LogP contribution < -0.4 is 5.73 Å². The fraction of sp³-hybridized carbons (Fsp3) is 0. The normalized spacial score (nSPS) is 10.1. The zero-order valence-corrected chi connectivity index (χ0v) is 7.86. The number of carbonyl (C=O) groups is 2. The van der Waals surface area contributed by atoms with Crippen LogP contribution in [0.25, 0.3) is 10.8 Å². The van der Waals surface area contributed by atoms with Crippen molar-refractivity contribution in [3.63, 3.8) is 0 Å². The summed E-state index contributed by atoms with van der Waals surface area (Å²) in [4.78, 5) is 22.1. The van der Waals surface area contributed by atoms with Crippen LogP contribution in [-0.2, 0) is 4.79 Å². The molecule has 0 aliphatic heterocycles. The first-order valence-electron chi connectivity index (χ1n) is 4.48. The van der Waals surface area contributed by atoms with E-state index in [2.05, 4.69) is 0 Å². The summed E-state index contributed by atoms with van der Waals surface area (Å²) in [5.74, 6) is -1.93. The molecule has 0 aliphatic carbocycles. The van der Waals surface area contributed by atoms with Crippen LogP contribution in [0.2, 0.25) is 0 Å². The maximum atomic E-state index is 11.4. The summed E-state index contributed by atoms with van der Waals surface area (Å²) in [7, 11) is 0. The van der Waals surface area contributed by atoms with Crippen molar-refractivity contribution in [2.75, 3.05) is 0 Å². The number of carbonyl (C=O) groups excluding carboxylic acids is 2. The van der Waals surface area contributed by atoms with Crippen molar-refractivity contribution < 1.29 is 9.59 Å². The Hall–Kier alpha value is -2.16. The van der Waals surface area contributed by atoms with Gasteiger partial charge in [-0.3, -0.25) is 15.3 Å². The second-order valence-corrected chi connectivity index (χ2v) is 3.18. The van der Waals surface area contributed by atoms with Crippen molar-refractivity contribution in [3.8, 4) is 0 Å². The summed E-state index contributed by atoms with van der Waals surface area (Å²) in [5, 5.41) is 1.61. The van der Waals surface area contributed by atoms with E-state index in [1.165, 1.54) is 0 Å². The number of nitrogens with one attached hydrogen (secondary N) is 1. The molecule has 0 saturated heterocycles. The Bertz CT molecular complexity index is 541. The maximum Gasteiger partial charge on any atom is 0.310 e.